The highest BCUT2D eigenvalue weighted by molar-refractivity contribution is 6.28. The first-order valence-electron chi connectivity index (χ1n) is 19.2. The molecule has 0 spiro atoms. The molecular formula is C51H32N6. The fourth-order valence-electron chi connectivity index (χ4n) is 8.88. The average molecular weight is 729 g/mol. The number of benzene rings is 8. The maximum atomic E-state index is 5.18. The smallest absolute Gasteiger partial charge is 0.238 e. The van der Waals surface area contributed by atoms with Crippen LogP contribution in [0.2, 0.25) is 0 Å². The van der Waals surface area contributed by atoms with Crippen molar-refractivity contribution in [3.05, 3.63) is 194 Å². The summed E-state index contributed by atoms with van der Waals surface area (Å²) in [6, 6.07) is 68.5. The molecule has 0 amide bonds. The summed E-state index contributed by atoms with van der Waals surface area (Å²) in [6.07, 6.45) is 0. The van der Waals surface area contributed by atoms with Crippen molar-refractivity contribution in [2.75, 3.05) is 0 Å². The second-order valence-electron chi connectivity index (χ2n) is 14.5. The van der Waals surface area contributed by atoms with Gasteiger partial charge in [-0.1, -0.05) is 140 Å². The van der Waals surface area contributed by atoms with Crippen molar-refractivity contribution in [2.24, 2.45) is 0 Å². The van der Waals surface area contributed by atoms with E-state index in [0.29, 0.717) is 17.6 Å². The number of hydrogen-bond donors (Lipinski definition) is 0. The molecule has 12 aromatic rings. The summed E-state index contributed by atoms with van der Waals surface area (Å²) in [5.41, 5.74) is 10.8. The number of hydrogen-bond acceptors (Lipinski definition) is 3. The topological polar surface area (TPSA) is 53.5 Å². The van der Waals surface area contributed by atoms with E-state index < -0.39 is 0 Å². The Labute approximate surface area is 327 Å². The first-order chi connectivity index (χ1) is 28.3. The fraction of sp³-hybridized carbons (Fsp3) is 0. The SMILES string of the molecule is c1ccc(-c2nc(-c3ccccc3)nc(-n3c4ccccc4c4c5c6ccccc6n(-c6cccc(-n7c8ccccc8c8ccccc87)c6)c5ccc43)n2)cc1. The lowest BCUT2D eigenvalue weighted by molar-refractivity contribution is 0.953. The average Bonchev–Trinajstić information content (AvgIpc) is 3.93. The molecule has 6 heteroatoms. The molecule has 0 unspecified atom stereocenters. The second kappa shape index (κ2) is 12.3. The van der Waals surface area contributed by atoms with E-state index in [2.05, 4.69) is 171 Å². The number of aromatic nitrogens is 6. The van der Waals surface area contributed by atoms with Crippen molar-refractivity contribution >= 4 is 65.4 Å². The first-order valence-corrected chi connectivity index (χ1v) is 19.2. The molecule has 12 rings (SSSR count). The maximum absolute atomic E-state index is 5.18. The maximum Gasteiger partial charge on any atom is 0.238 e. The molecule has 0 saturated carbocycles. The molecular weight excluding hydrogens is 697 g/mol. The molecule has 0 saturated heterocycles. The Hall–Kier alpha value is -7.83. The van der Waals surface area contributed by atoms with E-state index in [1.165, 1.54) is 38.0 Å². The van der Waals surface area contributed by atoms with Gasteiger partial charge in [0, 0.05) is 54.8 Å². The summed E-state index contributed by atoms with van der Waals surface area (Å²) in [7, 11) is 0. The van der Waals surface area contributed by atoms with Gasteiger partial charge in [0.25, 0.3) is 0 Å². The van der Waals surface area contributed by atoms with E-state index in [9.17, 15) is 0 Å². The van der Waals surface area contributed by atoms with Gasteiger partial charge in [0.15, 0.2) is 11.6 Å². The van der Waals surface area contributed by atoms with Crippen LogP contribution in [0.15, 0.2) is 194 Å². The van der Waals surface area contributed by atoms with Crippen LogP contribution >= 0.6 is 0 Å². The van der Waals surface area contributed by atoms with Crippen molar-refractivity contribution < 1.29 is 0 Å². The Morgan fingerprint density at radius 2 is 0.667 bits per heavy atom. The van der Waals surface area contributed by atoms with Gasteiger partial charge < -0.3 is 9.13 Å². The van der Waals surface area contributed by atoms with Crippen LogP contribution in [0, 0.1) is 0 Å². The van der Waals surface area contributed by atoms with Crippen LogP contribution in [0.4, 0.5) is 0 Å². The summed E-state index contributed by atoms with van der Waals surface area (Å²) in [6.45, 7) is 0. The molecule has 4 heterocycles. The standard InChI is InChI=1S/C51H32N6/c1-3-16-33(17-4-1)49-52-50(34-18-5-2-6-19-34)54-51(53-49)57-44-29-14-10-25-40(44)48-46(57)31-30-45-47(48)39-24-9-13-28-43(39)56(45)36-21-15-20-35(32-36)55-41-26-11-7-22-37(41)38-23-8-12-27-42(38)55/h1-32H. The minimum atomic E-state index is 0.580. The number of para-hydroxylation sites is 4. The van der Waals surface area contributed by atoms with E-state index in [1.54, 1.807) is 0 Å². The molecule has 266 valence electrons. The third kappa shape index (κ3) is 4.74. The second-order valence-corrected chi connectivity index (χ2v) is 14.5. The lowest BCUT2D eigenvalue weighted by Gasteiger charge is -2.13. The van der Waals surface area contributed by atoms with Crippen molar-refractivity contribution in [1.29, 1.82) is 0 Å². The molecule has 0 N–H and O–H groups in total. The minimum absolute atomic E-state index is 0.580. The largest absolute Gasteiger partial charge is 0.309 e. The van der Waals surface area contributed by atoms with Crippen LogP contribution in [0.5, 0.6) is 0 Å². The van der Waals surface area contributed by atoms with Crippen molar-refractivity contribution in [2.45, 2.75) is 0 Å². The highest BCUT2D eigenvalue weighted by Gasteiger charge is 2.23. The van der Waals surface area contributed by atoms with Gasteiger partial charge in [-0.05, 0) is 54.6 Å². The van der Waals surface area contributed by atoms with Gasteiger partial charge in [-0.25, -0.2) is 4.98 Å². The van der Waals surface area contributed by atoms with Crippen molar-refractivity contribution in [3.63, 3.8) is 0 Å². The predicted molar refractivity (Wildman–Crippen MR) is 234 cm³/mol. The molecule has 0 fully saturated rings. The van der Waals surface area contributed by atoms with Gasteiger partial charge in [-0.15, -0.1) is 0 Å². The van der Waals surface area contributed by atoms with E-state index in [4.69, 9.17) is 15.0 Å². The van der Waals surface area contributed by atoms with Crippen molar-refractivity contribution in [3.8, 4) is 40.1 Å². The number of fused-ring (bicyclic) bond motifs is 10. The Morgan fingerprint density at radius 1 is 0.281 bits per heavy atom. The van der Waals surface area contributed by atoms with Gasteiger partial charge in [0.2, 0.25) is 5.95 Å². The normalized spacial score (nSPS) is 11.9. The molecule has 0 radical (unpaired) electrons. The molecule has 57 heavy (non-hydrogen) atoms. The van der Waals surface area contributed by atoms with Gasteiger partial charge >= 0.3 is 0 Å². The van der Waals surface area contributed by atoms with Crippen molar-refractivity contribution in [1.82, 2.24) is 28.7 Å². The van der Waals surface area contributed by atoms with E-state index >= 15 is 0 Å². The van der Waals surface area contributed by atoms with E-state index in [-0.39, 0.29) is 0 Å². The third-order valence-corrected chi connectivity index (χ3v) is 11.3. The Kier molecular flexibility index (Phi) is 6.83. The molecule has 0 bridgehead atoms. The monoisotopic (exact) mass is 728 g/mol. The fourth-order valence-corrected chi connectivity index (χ4v) is 8.88. The summed E-state index contributed by atoms with van der Waals surface area (Å²) < 4.78 is 7.01. The molecule has 8 aromatic carbocycles. The molecule has 0 aliphatic heterocycles. The Bertz CT molecular complexity index is 3410. The van der Waals surface area contributed by atoms with E-state index in [1.807, 2.05) is 36.4 Å². The van der Waals surface area contributed by atoms with Crippen LogP contribution in [0.25, 0.3) is 106 Å². The van der Waals surface area contributed by atoms with Crippen LogP contribution < -0.4 is 0 Å². The quantitative estimate of drug-likeness (QED) is 0.177. The van der Waals surface area contributed by atoms with Crippen LogP contribution in [0.1, 0.15) is 0 Å². The zero-order valence-corrected chi connectivity index (χ0v) is 30.7. The first kappa shape index (κ1) is 31.5. The zero-order valence-electron chi connectivity index (χ0n) is 30.7. The molecule has 6 nitrogen and oxygen atoms in total. The Morgan fingerprint density at radius 3 is 1.18 bits per heavy atom. The van der Waals surface area contributed by atoms with Gasteiger partial charge in [-0.2, -0.15) is 9.97 Å². The zero-order chi connectivity index (χ0) is 37.5. The summed E-state index contributed by atoms with van der Waals surface area (Å²) in [5, 5.41) is 7.19. The summed E-state index contributed by atoms with van der Waals surface area (Å²) in [4.78, 5) is 15.3. The molecule has 0 atom stereocenters. The Balaban J connectivity index is 1.13. The molecule has 0 aliphatic rings. The van der Waals surface area contributed by atoms with Gasteiger partial charge in [0.05, 0.1) is 33.1 Å². The summed E-state index contributed by atoms with van der Waals surface area (Å²) in [5.74, 6) is 1.84. The highest BCUT2D eigenvalue weighted by atomic mass is 15.2. The van der Waals surface area contributed by atoms with Crippen LogP contribution in [-0.4, -0.2) is 28.7 Å². The lowest BCUT2D eigenvalue weighted by Crippen LogP contribution is -2.06. The minimum Gasteiger partial charge on any atom is -0.309 e. The number of nitrogens with zero attached hydrogens (tertiary/aromatic N) is 6. The number of rotatable bonds is 5. The summed E-state index contributed by atoms with van der Waals surface area (Å²) >= 11 is 0. The van der Waals surface area contributed by atoms with Crippen LogP contribution in [-0.2, 0) is 0 Å². The predicted octanol–water partition coefficient (Wildman–Crippen LogP) is 12.5. The lowest BCUT2D eigenvalue weighted by atomic mass is 10.1. The van der Waals surface area contributed by atoms with Gasteiger partial charge in [0.1, 0.15) is 0 Å². The highest BCUT2D eigenvalue weighted by Crippen LogP contribution is 2.42. The van der Waals surface area contributed by atoms with Gasteiger partial charge in [-0.3, -0.25) is 4.57 Å². The molecule has 4 aromatic heterocycles. The van der Waals surface area contributed by atoms with E-state index in [0.717, 1.165) is 50.0 Å². The molecule has 0 aliphatic carbocycles. The third-order valence-electron chi connectivity index (χ3n) is 11.3. The van der Waals surface area contributed by atoms with Crippen LogP contribution in [0.3, 0.4) is 0 Å².